The average Bonchev–Trinajstić information content (AvgIpc) is 2.84. The standard InChI is InChI=1S/C16H27NS/c1-4-14-9-10-15(18-14)16(17-5-2)13-8-6-7-12(3)11-13/h9-10,12-13,16-17H,4-8,11H2,1-3H3. The fourth-order valence-electron chi connectivity index (χ4n) is 3.25. The van der Waals surface area contributed by atoms with E-state index < -0.39 is 0 Å². The zero-order valence-corrected chi connectivity index (χ0v) is 12.9. The van der Waals surface area contributed by atoms with E-state index in [9.17, 15) is 0 Å². The van der Waals surface area contributed by atoms with E-state index in [4.69, 9.17) is 0 Å². The lowest BCUT2D eigenvalue weighted by Crippen LogP contribution is -2.30. The van der Waals surface area contributed by atoms with Crippen LogP contribution in [0.2, 0.25) is 0 Å². The van der Waals surface area contributed by atoms with Crippen LogP contribution < -0.4 is 5.32 Å². The molecule has 1 heterocycles. The SMILES string of the molecule is CCNC(c1ccc(CC)s1)C1CCCC(C)C1. The summed E-state index contributed by atoms with van der Waals surface area (Å²) in [7, 11) is 0. The molecule has 0 aliphatic heterocycles. The molecule has 1 saturated carbocycles. The van der Waals surface area contributed by atoms with E-state index in [-0.39, 0.29) is 0 Å². The van der Waals surface area contributed by atoms with Gasteiger partial charge in [0.25, 0.3) is 0 Å². The van der Waals surface area contributed by atoms with Crippen molar-refractivity contribution in [2.24, 2.45) is 11.8 Å². The maximum Gasteiger partial charge on any atom is 0.0443 e. The van der Waals surface area contributed by atoms with Gasteiger partial charge in [-0.05, 0) is 49.8 Å². The monoisotopic (exact) mass is 265 g/mol. The quantitative estimate of drug-likeness (QED) is 0.807. The van der Waals surface area contributed by atoms with Gasteiger partial charge in [-0.1, -0.05) is 33.6 Å². The Labute approximate surface area is 116 Å². The number of hydrogen-bond donors (Lipinski definition) is 1. The molecule has 1 N–H and O–H groups in total. The van der Waals surface area contributed by atoms with Crippen molar-refractivity contribution in [3.8, 4) is 0 Å². The van der Waals surface area contributed by atoms with Gasteiger partial charge in [0.1, 0.15) is 0 Å². The largest absolute Gasteiger partial charge is 0.309 e. The summed E-state index contributed by atoms with van der Waals surface area (Å²) in [6.07, 6.45) is 6.82. The molecule has 2 rings (SSSR count). The maximum absolute atomic E-state index is 3.74. The lowest BCUT2D eigenvalue weighted by atomic mass is 9.78. The highest BCUT2D eigenvalue weighted by atomic mass is 32.1. The van der Waals surface area contributed by atoms with Crippen LogP contribution in [0, 0.1) is 11.8 Å². The molecule has 2 heteroatoms. The number of nitrogens with one attached hydrogen (secondary N) is 1. The van der Waals surface area contributed by atoms with Crippen LogP contribution in [0.15, 0.2) is 12.1 Å². The fourth-order valence-corrected chi connectivity index (χ4v) is 4.38. The third-order valence-corrected chi connectivity index (χ3v) is 5.52. The molecule has 18 heavy (non-hydrogen) atoms. The predicted octanol–water partition coefficient (Wildman–Crippen LogP) is 4.79. The van der Waals surface area contributed by atoms with E-state index in [0.717, 1.165) is 18.4 Å². The first-order chi connectivity index (χ1) is 8.74. The molecule has 3 unspecified atom stereocenters. The van der Waals surface area contributed by atoms with Crippen LogP contribution in [-0.4, -0.2) is 6.54 Å². The first kappa shape index (κ1) is 14.1. The molecule has 1 aromatic rings. The van der Waals surface area contributed by atoms with Crippen LogP contribution in [0.1, 0.15) is 62.3 Å². The number of aryl methyl sites for hydroxylation is 1. The summed E-state index contributed by atoms with van der Waals surface area (Å²) in [5.74, 6) is 1.76. The zero-order valence-electron chi connectivity index (χ0n) is 12.0. The summed E-state index contributed by atoms with van der Waals surface area (Å²) in [6, 6.07) is 5.27. The molecular formula is C16H27NS. The van der Waals surface area contributed by atoms with Crippen molar-refractivity contribution in [2.45, 2.75) is 58.9 Å². The second-order valence-electron chi connectivity index (χ2n) is 5.72. The molecule has 1 aliphatic carbocycles. The minimum Gasteiger partial charge on any atom is -0.309 e. The molecule has 0 bridgehead atoms. The summed E-state index contributed by atoms with van der Waals surface area (Å²) < 4.78 is 0. The topological polar surface area (TPSA) is 12.0 Å². The highest BCUT2D eigenvalue weighted by molar-refractivity contribution is 7.12. The lowest BCUT2D eigenvalue weighted by Gasteiger charge is -2.33. The highest BCUT2D eigenvalue weighted by Gasteiger charge is 2.28. The summed E-state index contributed by atoms with van der Waals surface area (Å²) in [5.41, 5.74) is 0. The summed E-state index contributed by atoms with van der Waals surface area (Å²) in [4.78, 5) is 3.09. The molecular weight excluding hydrogens is 238 g/mol. The van der Waals surface area contributed by atoms with Crippen LogP contribution in [0.25, 0.3) is 0 Å². The summed E-state index contributed by atoms with van der Waals surface area (Å²) >= 11 is 2.01. The second-order valence-corrected chi connectivity index (χ2v) is 6.92. The number of thiophene rings is 1. The van der Waals surface area contributed by atoms with E-state index in [1.54, 1.807) is 4.88 Å². The van der Waals surface area contributed by atoms with Crippen LogP contribution in [0.3, 0.4) is 0 Å². The maximum atomic E-state index is 3.74. The van der Waals surface area contributed by atoms with Gasteiger partial charge in [0.2, 0.25) is 0 Å². The van der Waals surface area contributed by atoms with Gasteiger partial charge in [-0.15, -0.1) is 11.3 Å². The van der Waals surface area contributed by atoms with Crippen LogP contribution in [0.4, 0.5) is 0 Å². The van der Waals surface area contributed by atoms with E-state index >= 15 is 0 Å². The normalized spacial score (nSPS) is 26.2. The van der Waals surface area contributed by atoms with Gasteiger partial charge >= 0.3 is 0 Å². The molecule has 0 radical (unpaired) electrons. The van der Waals surface area contributed by atoms with Gasteiger partial charge in [-0.25, -0.2) is 0 Å². The van der Waals surface area contributed by atoms with Gasteiger partial charge in [0, 0.05) is 15.8 Å². The average molecular weight is 265 g/mol. The Kier molecular flexibility index (Phi) is 5.25. The second kappa shape index (κ2) is 6.72. The molecule has 3 atom stereocenters. The predicted molar refractivity (Wildman–Crippen MR) is 81.2 cm³/mol. The number of rotatable bonds is 5. The van der Waals surface area contributed by atoms with Crippen molar-refractivity contribution in [2.75, 3.05) is 6.54 Å². The molecule has 1 nitrogen and oxygen atoms in total. The number of hydrogen-bond acceptors (Lipinski definition) is 2. The van der Waals surface area contributed by atoms with Crippen LogP contribution in [0.5, 0.6) is 0 Å². The first-order valence-corrected chi connectivity index (χ1v) is 8.38. The fraction of sp³-hybridized carbons (Fsp3) is 0.750. The summed E-state index contributed by atoms with van der Waals surface area (Å²) in [6.45, 7) is 7.98. The minimum absolute atomic E-state index is 0.600. The third kappa shape index (κ3) is 3.36. The molecule has 0 amide bonds. The lowest BCUT2D eigenvalue weighted by molar-refractivity contribution is 0.227. The molecule has 1 fully saturated rings. The molecule has 1 aromatic heterocycles. The van der Waals surface area contributed by atoms with E-state index in [2.05, 4.69) is 38.2 Å². The van der Waals surface area contributed by atoms with E-state index in [0.29, 0.717) is 6.04 Å². The van der Waals surface area contributed by atoms with Crippen molar-refractivity contribution >= 4 is 11.3 Å². The van der Waals surface area contributed by atoms with Gasteiger partial charge in [0.15, 0.2) is 0 Å². The Morgan fingerprint density at radius 1 is 1.33 bits per heavy atom. The van der Waals surface area contributed by atoms with Crippen molar-refractivity contribution in [3.63, 3.8) is 0 Å². The van der Waals surface area contributed by atoms with Gasteiger partial charge in [-0.2, -0.15) is 0 Å². The summed E-state index contributed by atoms with van der Waals surface area (Å²) in [5, 5.41) is 3.74. The molecule has 102 valence electrons. The molecule has 1 aliphatic rings. The van der Waals surface area contributed by atoms with Crippen molar-refractivity contribution < 1.29 is 0 Å². The van der Waals surface area contributed by atoms with E-state index in [1.807, 2.05) is 11.3 Å². The minimum atomic E-state index is 0.600. The molecule has 0 spiro atoms. The van der Waals surface area contributed by atoms with Gasteiger partial charge in [-0.3, -0.25) is 0 Å². The molecule has 0 aromatic carbocycles. The third-order valence-electron chi connectivity index (χ3n) is 4.21. The Morgan fingerprint density at radius 2 is 2.17 bits per heavy atom. The van der Waals surface area contributed by atoms with Gasteiger partial charge in [0.05, 0.1) is 0 Å². The highest BCUT2D eigenvalue weighted by Crippen LogP contribution is 2.39. The Bertz CT molecular complexity index is 358. The van der Waals surface area contributed by atoms with Crippen LogP contribution in [-0.2, 0) is 6.42 Å². The van der Waals surface area contributed by atoms with Gasteiger partial charge < -0.3 is 5.32 Å². The Balaban J connectivity index is 2.11. The van der Waals surface area contributed by atoms with Crippen molar-refractivity contribution in [1.29, 1.82) is 0 Å². The molecule has 0 saturated heterocycles. The first-order valence-electron chi connectivity index (χ1n) is 7.56. The Hall–Kier alpha value is -0.340. The van der Waals surface area contributed by atoms with Crippen molar-refractivity contribution in [1.82, 2.24) is 5.32 Å². The smallest absolute Gasteiger partial charge is 0.0443 e. The van der Waals surface area contributed by atoms with Crippen LogP contribution >= 0.6 is 11.3 Å². The van der Waals surface area contributed by atoms with Crippen molar-refractivity contribution in [3.05, 3.63) is 21.9 Å². The van der Waals surface area contributed by atoms with E-state index in [1.165, 1.54) is 37.0 Å². The Morgan fingerprint density at radius 3 is 2.78 bits per heavy atom. The zero-order chi connectivity index (χ0) is 13.0.